The Hall–Kier alpha value is -3.55. The van der Waals surface area contributed by atoms with E-state index >= 15 is 0 Å². The van der Waals surface area contributed by atoms with Crippen molar-refractivity contribution in [2.75, 3.05) is 14.2 Å². The molecule has 0 amide bonds. The number of rotatable bonds is 8. The van der Waals surface area contributed by atoms with Crippen LogP contribution in [0, 0.1) is 16.0 Å². The molecular formula is C20H19NO7. The second-order valence-corrected chi connectivity index (χ2v) is 5.97. The lowest BCUT2D eigenvalue weighted by molar-refractivity contribution is -0.384. The zero-order valence-electron chi connectivity index (χ0n) is 15.4. The van der Waals surface area contributed by atoms with Crippen molar-refractivity contribution in [3.63, 3.8) is 0 Å². The van der Waals surface area contributed by atoms with Crippen LogP contribution in [0.3, 0.4) is 0 Å². The molecule has 2 aromatic rings. The van der Waals surface area contributed by atoms with E-state index in [4.69, 9.17) is 9.47 Å². The molecule has 0 aromatic heterocycles. The minimum absolute atomic E-state index is 0.149. The molecule has 0 heterocycles. The van der Waals surface area contributed by atoms with Crippen LogP contribution >= 0.6 is 0 Å². The number of non-ortho nitro benzene ring substituents is 1. The normalized spacial score (nSPS) is 11.5. The van der Waals surface area contributed by atoms with Gasteiger partial charge in [-0.2, -0.15) is 0 Å². The Labute approximate surface area is 161 Å². The third-order valence-electron chi connectivity index (χ3n) is 4.35. The van der Waals surface area contributed by atoms with Gasteiger partial charge in [0.2, 0.25) is 0 Å². The van der Waals surface area contributed by atoms with Gasteiger partial charge in [0, 0.05) is 30.0 Å². The van der Waals surface area contributed by atoms with Crippen molar-refractivity contribution in [3.8, 4) is 0 Å². The Morgan fingerprint density at radius 3 is 1.93 bits per heavy atom. The van der Waals surface area contributed by atoms with Gasteiger partial charge in [-0.15, -0.1) is 0 Å². The van der Waals surface area contributed by atoms with Gasteiger partial charge < -0.3 is 9.47 Å². The molecule has 0 spiro atoms. The third kappa shape index (κ3) is 4.79. The van der Waals surface area contributed by atoms with Crippen LogP contribution in [0.25, 0.3) is 0 Å². The number of hydrogen-bond donors (Lipinski definition) is 0. The van der Waals surface area contributed by atoms with Crippen molar-refractivity contribution in [2.45, 2.75) is 12.3 Å². The molecule has 8 heteroatoms. The highest BCUT2D eigenvalue weighted by atomic mass is 16.6. The van der Waals surface area contributed by atoms with Crippen molar-refractivity contribution in [3.05, 3.63) is 75.8 Å². The summed E-state index contributed by atoms with van der Waals surface area (Å²) in [6, 6.07) is 13.7. The van der Waals surface area contributed by atoms with Gasteiger partial charge in [-0.05, 0) is 5.56 Å². The van der Waals surface area contributed by atoms with Crippen molar-refractivity contribution < 1.29 is 28.8 Å². The Morgan fingerprint density at radius 1 is 0.929 bits per heavy atom. The van der Waals surface area contributed by atoms with Crippen molar-refractivity contribution >= 4 is 23.4 Å². The third-order valence-corrected chi connectivity index (χ3v) is 4.35. The van der Waals surface area contributed by atoms with E-state index in [1.807, 2.05) is 0 Å². The summed E-state index contributed by atoms with van der Waals surface area (Å²) in [4.78, 5) is 47.6. The quantitative estimate of drug-likeness (QED) is 0.226. The summed E-state index contributed by atoms with van der Waals surface area (Å²) in [6.45, 7) is 0. The van der Waals surface area contributed by atoms with Gasteiger partial charge in [-0.25, -0.2) is 0 Å². The second kappa shape index (κ2) is 9.40. The lowest BCUT2D eigenvalue weighted by Gasteiger charge is -2.23. The molecule has 1 unspecified atom stereocenters. The summed E-state index contributed by atoms with van der Waals surface area (Å²) in [7, 11) is 2.26. The largest absolute Gasteiger partial charge is 0.468 e. The molecule has 2 aromatic carbocycles. The van der Waals surface area contributed by atoms with Gasteiger partial charge in [-0.3, -0.25) is 24.5 Å². The van der Waals surface area contributed by atoms with Gasteiger partial charge >= 0.3 is 11.9 Å². The molecule has 146 valence electrons. The van der Waals surface area contributed by atoms with Crippen LogP contribution in [0.15, 0.2) is 54.6 Å². The molecule has 0 aliphatic heterocycles. The number of carbonyl (C=O) groups is 3. The van der Waals surface area contributed by atoms with Crippen LogP contribution in [0.2, 0.25) is 0 Å². The number of nitro benzene ring substituents is 1. The highest BCUT2D eigenvalue weighted by Gasteiger charge is 2.39. The SMILES string of the molecule is COC(=O)C(C(=O)OC)C(CC(=O)c1ccccc1)c1ccc([N+](=O)[O-])cc1. The van der Waals surface area contributed by atoms with Gasteiger partial charge in [-0.1, -0.05) is 42.5 Å². The molecule has 8 nitrogen and oxygen atoms in total. The molecule has 0 fully saturated rings. The molecule has 1 atom stereocenters. The molecular weight excluding hydrogens is 366 g/mol. The van der Waals surface area contributed by atoms with Crippen LogP contribution in [0.5, 0.6) is 0 Å². The Kier molecular flexibility index (Phi) is 6.97. The van der Waals surface area contributed by atoms with E-state index in [-0.39, 0.29) is 17.9 Å². The number of benzene rings is 2. The summed E-state index contributed by atoms with van der Waals surface area (Å²) in [6.07, 6.45) is -0.184. The lowest BCUT2D eigenvalue weighted by Crippen LogP contribution is -2.33. The average molecular weight is 385 g/mol. The lowest BCUT2D eigenvalue weighted by atomic mass is 9.81. The fraction of sp³-hybridized carbons (Fsp3) is 0.250. The predicted octanol–water partition coefficient (Wildman–Crippen LogP) is 2.91. The first-order chi connectivity index (χ1) is 13.4. The summed E-state index contributed by atoms with van der Waals surface area (Å²) in [5.74, 6) is -4.29. The molecule has 0 aliphatic carbocycles. The van der Waals surface area contributed by atoms with Gasteiger partial charge in [0.25, 0.3) is 5.69 Å². The van der Waals surface area contributed by atoms with Crippen LogP contribution in [-0.2, 0) is 19.1 Å². The molecule has 28 heavy (non-hydrogen) atoms. The maximum absolute atomic E-state index is 12.7. The minimum atomic E-state index is -1.39. The number of hydrogen-bond acceptors (Lipinski definition) is 7. The standard InChI is InChI=1S/C20H19NO7/c1-27-19(23)18(20(24)28-2)16(12-17(22)14-6-4-3-5-7-14)13-8-10-15(11-9-13)21(25)26/h3-11,16,18H,12H2,1-2H3. The Bertz CT molecular complexity index is 846. The van der Waals surface area contributed by atoms with Crippen LogP contribution in [-0.4, -0.2) is 36.9 Å². The zero-order valence-corrected chi connectivity index (χ0v) is 15.4. The second-order valence-electron chi connectivity index (χ2n) is 5.97. The Morgan fingerprint density at radius 2 is 1.46 bits per heavy atom. The first-order valence-electron chi connectivity index (χ1n) is 8.37. The van der Waals surface area contributed by atoms with E-state index in [1.165, 1.54) is 24.3 Å². The maximum Gasteiger partial charge on any atom is 0.320 e. The molecule has 0 bridgehead atoms. The molecule has 0 aliphatic rings. The van der Waals surface area contributed by atoms with Gasteiger partial charge in [0.05, 0.1) is 19.1 Å². The van der Waals surface area contributed by atoms with Crippen molar-refractivity contribution in [2.24, 2.45) is 5.92 Å². The molecule has 0 saturated heterocycles. The van der Waals surface area contributed by atoms with E-state index in [1.54, 1.807) is 30.3 Å². The number of nitrogens with zero attached hydrogens (tertiary/aromatic N) is 1. The van der Waals surface area contributed by atoms with Gasteiger partial charge in [0.15, 0.2) is 11.7 Å². The van der Waals surface area contributed by atoms with E-state index in [9.17, 15) is 24.5 Å². The summed E-state index contributed by atoms with van der Waals surface area (Å²) < 4.78 is 9.46. The fourth-order valence-electron chi connectivity index (χ4n) is 2.89. The van der Waals surface area contributed by atoms with Crippen molar-refractivity contribution in [1.29, 1.82) is 0 Å². The topological polar surface area (TPSA) is 113 Å². The first-order valence-corrected chi connectivity index (χ1v) is 8.37. The van der Waals surface area contributed by atoms with Gasteiger partial charge in [0.1, 0.15) is 0 Å². The summed E-state index contributed by atoms with van der Waals surface area (Å²) >= 11 is 0. The number of Topliss-reactive ketones (excluding diaryl/α,β-unsaturated/α-hetero) is 1. The minimum Gasteiger partial charge on any atom is -0.468 e. The number of carbonyl (C=O) groups excluding carboxylic acids is 3. The predicted molar refractivity (Wildman–Crippen MR) is 98.7 cm³/mol. The number of ketones is 1. The van der Waals surface area contributed by atoms with Crippen molar-refractivity contribution in [1.82, 2.24) is 0 Å². The molecule has 0 saturated carbocycles. The van der Waals surface area contributed by atoms with E-state index < -0.39 is 28.7 Å². The number of nitro groups is 1. The first kappa shape index (κ1) is 20.8. The zero-order chi connectivity index (χ0) is 20.7. The van der Waals surface area contributed by atoms with Crippen LogP contribution < -0.4 is 0 Å². The molecule has 2 rings (SSSR count). The smallest absolute Gasteiger partial charge is 0.320 e. The van der Waals surface area contributed by atoms with Crippen LogP contribution in [0.1, 0.15) is 28.3 Å². The fourth-order valence-corrected chi connectivity index (χ4v) is 2.89. The number of esters is 2. The maximum atomic E-state index is 12.7. The van der Waals surface area contributed by atoms with Crippen LogP contribution in [0.4, 0.5) is 5.69 Å². The highest BCUT2D eigenvalue weighted by Crippen LogP contribution is 2.32. The summed E-state index contributed by atoms with van der Waals surface area (Å²) in [5.41, 5.74) is 0.683. The van der Waals surface area contributed by atoms with E-state index in [2.05, 4.69) is 0 Å². The average Bonchev–Trinajstić information content (AvgIpc) is 2.73. The molecule has 0 radical (unpaired) electrons. The van der Waals surface area contributed by atoms with E-state index in [0.717, 1.165) is 14.2 Å². The number of ether oxygens (including phenoxy) is 2. The highest BCUT2D eigenvalue weighted by molar-refractivity contribution is 6.00. The summed E-state index contributed by atoms with van der Waals surface area (Å²) in [5, 5.41) is 10.9. The number of methoxy groups -OCH3 is 2. The monoisotopic (exact) mass is 385 g/mol. The molecule has 0 N–H and O–H groups in total. The van der Waals surface area contributed by atoms with E-state index in [0.29, 0.717) is 11.1 Å². The Balaban J connectivity index is 2.46.